The van der Waals surface area contributed by atoms with Crippen LogP contribution in [0.5, 0.6) is 0 Å². The summed E-state index contributed by atoms with van der Waals surface area (Å²) in [6, 6.07) is 1.20. The summed E-state index contributed by atoms with van der Waals surface area (Å²) in [6.07, 6.45) is 1.53. The third-order valence-corrected chi connectivity index (χ3v) is 3.65. The minimum absolute atomic E-state index is 0.245. The topological polar surface area (TPSA) is 110 Å². The lowest BCUT2D eigenvalue weighted by Gasteiger charge is -2.08. The lowest BCUT2D eigenvalue weighted by molar-refractivity contribution is -0.119. The second-order valence-corrected chi connectivity index (χ2v) is 5.66. The van der Waals surface area contributed by atoms with Crippen LogP contribution in [0, 0.1) is 6.92 Å². The number of nitrogens with one attached hydrogen (secondary N) is 2. The van der Waals surface area contributed by atoms with Gasteiger partial charge in [-0.05, 0) is 26.8 Å². The molecule has 0 aliphatic rings. The molecule has 8 nitrogen and oxygen atoms in total. The number of amides is 3. The molecule has 9 heteroatoms. The molecule has 22 heavy (non-hydrogen) atoms. The molecule has 0 fully saturated rings. The van der Waals surface area contributed by atoms with Crippen molar-refractivity contribution in [1.29, 1.82) is 0 Å². The molecule has 0 bridgehead atoms. The van der Waals surface area contributed by atoms with Crippen molar-refractivity contribution < 1.29 is 18.4 Å². The van der Waals surface area contributed by atoms with Gasteiger partial charge in [-0.3, -0.25) is 10.1 Å². The third-order valence-electron chi connectivity index (χ3n) is 2.72. The number of hydrogen-bond acceptors (Lipinski definition) is 7. The van der Waals surface area contributed by atoms with Gasteiger partial charge < -0.3 is 14.2 Å². The maximum atomic E-state index is 11.8. The van der Waals surface area contributed by atoms with Crippen LogP contribution in [0.2, 0.25) is 0 Å². The number of thioether (sulfide) groups is 1. The Labute approximate surface area is 131 Å². The van der Waals surface area contributed by atoms with E-state index in [9.17, 15) is 9.59 Å². The third kappa shape index (κ3) is 3.88. The fourth-order valence-electron chi connectivity index (χ4n) is 1.60. The van der Waals surface area contributed by atoms with Gasteiger partial charge in [0.05, 0.1) is 17.1 Å². The average Bonchev–Trinajstić information content (AvgIpc) is 3.07. The van der Waals surface area contributed by atoms with Crippen LogP contribution in [-0.2, 0) is 4.79 Å². The van der Waals surface area contributed by atoms with E-state index in [-0.39, 0.29) is 5.22 Å². The SMILES string of the molecule is CCNC(=O)NC(=O)[C@@H](C)Sc1nnc(-c2ccoc2C)o1. The van der Waals surface area contributed by atoms with E-state index in [4.69, 9.17) is 8.83 Å². The Morgan fingerprint density at radius 2 is 2.18 bits per heavy atom. The van der Waals surface area contributed by atoms with Crippen molar-refractivity contribution in [1.82, 2.24) is 20.8 Å². The van der Waals surface area contributed by atoms with Crippen LogP contribution < -0.4 is 10.6 Å². The summed E-state index contributed by atoms with van der Waals surface area (Å²) in [4.78, 5) is 23.1. The van der Waals surface area contributed by atoms with Gasteiger partial charge in [0.15, 0.2) is 0 Å². The first-order valence-electron chi connectivity index (χ1n) is 6.64. The summed E-state index contributed by atoms with van der Waals surface area (Å²) in [5.41, 5.74) is 0.707. The van der Waals surface area contributed by atoms with Crippen LogP contribution in [0.25, 0.3) is 11.5 Å². The zero-order chi connectivity index (χ0) is 16.1. The second kappa shape index (κ2) is 7.12. The fraction of sp³-hybridized carbons (Fsp3) is 0.385. The van der Waals surface area contributed by atoms with Crippen LogP contribution in [0.3, 0.4) is 0 Å². The summed E-state index contributed by atoms with van der Waals surface area (Å²) in [5, 5.41) is 12.2. The number of imide groups is 1. The molecule has 118 valence electrons. The molecule has 0 spiro atoms. The monoisotopic (exact) mass is 324 g/mol. The van der Waals surface area contributed by atoms with Crippen LogP contribution in [0.1, 0.15) is 19.6 Å². The molecule has 2 aromatic rings. The van der Waals surface area contributed by atoms with Crippen molar-refractivity contribution in [2.45, 2.75) is 31.2 Å². The fourth-order valence-corrected chi connectivity index (χ4v) is 2.28. The van der Waals surface area contributed by atoms with Crippen LogP contribution >= 0.6 is 11.8 Å². The van der Waals surface area contributed by atoms with Crippen LogP contribution in [0.15, 0.2) is 26.4 Å². The lowest BCUT2D eigenvalue weighted by atomic mass is 10.3. The molecular weight excluding hydrogens is 308 g/mol. The number of rotatable bonds is 5. The minimum atomic E-state index is -0.554. The van der Waals surface area contributed by atoms with Crippen molar-refractivity contribution in [2.24, 2.45) is 0 Å². The highest BCUT2D eigenvalue weighted by molar-refractivity contribution is 8.00. The molecule has 2 rings (SSSR count). The number of aromatic nitrogens is 2. The van der Waals surface area contributed by atoms with Gasteiger partial charge in [0.1, 0.15) is 5.76 Å². The van der Waals surface area contributed by atoms with Gasteiger partial charge in [0, 0.05) is 6.54 Å². The van der Waals surface area contributed by atoms with Crippen molar-refractivity contribution in [2.75, 3.05) is 6.54 Å². The number of hydrogen-bond donors (Lipinski definition) is 2. The first-order valence-corrected chi connectivity index (χ1v) is 7.52. The first-order chi connectivity index (χ1) is 10.5. The predicted molar refractivity (Wildman–Crippen MR) is 79.3 cm³/mol. The number of nitrogens with zero attached hydrogens (tertiary/aromatic N) is 2. The van der Waals surface area contributed by atoms with Gasteiger partial charge in [-0.2, -0.15) is 0 Å². The molecule has 1 atom stereocenters. The van der Waals surface area contributed by atoms with E-state index in [1.54, 1.807) is 26.8 Å². The largest absolute Gasteiger partial charge is 0.469 e. The Morgan fingerprint density at radius 1 is 1.41 bits per heavy atom. The van der Waals surface area contributed by atoms with Crippen molar-refractivity contribution in [3.05, 3.63) is 18.1 Å². The van der Waals surface area contributed by atoms with Crippen molar-refractivity contribution in [3.63, 3.8) is 0 Å². The Kier molecular flexibility index (Phi) is 5.21. The zero-order valence-electron chi connectivity index (χ0n) is 12.4. The van der Waals surface area contributed by atoms with E-state index in [1.165, 1.54) is 6.26 Å². The number of furan rings is 1. The molecule has 3 amide bonds. The van der Waals surface area contributed by atoms with Gasteiger partial charge in [0.25, 0.3) is 11.1 Å². The summed E-state index contributed by atoms with van der Waals surface area (Å²) >= 11 is 1.07. The Bertz CT molecular complexity index is 667. The molecule has 0 aliphatic heterocycles. The van der Waals surface area contributed by atoms with E-state index >= 15 is 0 Å². The molecular formula is C13H16N4O4S. The van der Waals surface area contributed by atoms with Crippen molar-refractivity contribution in [3.8, 4) is 11.5 Å². The van der Waals surface area contributed by atoms with E-state index < -0.39 is 17.2 Å². The Balaban J connectivity index is 1.96. The quantitative estimate of drug-likeness (QED) is 0.809. The number of urea groups is 1. The summed E-state index contributed by atoms with van der Waals surface area (Å²) in [5.74, 6) is 0.558. The predicted octanol–water partition coefficient (Wildman–Crippen LogP) is 1.96. The van der Waals surface area contributed by atoms with Crippen molar-refractivity contribution >= 4 is 23.7 Å². The highest BCUT2D eigenvalue weighted by atomic mass is 32.2. The zero-order valence-corrected chi connectivity index (χ0v) is 13.2. The minimum Gasteiger partial charge on any atom is -0.469 e. The number of aryl methyl sites for hydroxylation is 1. The first kappa shape index (κ1) is 16.1. The highest BCUT2D eigenvalue weighted by Gasteiger charge is 2.21. The molecule has 2 N–H and O–H groups in total. The lowest BCUT2D eigenvalue weighted by Crippen LogP contribution is -2.42. The molecule has 0 saturated carbocycles. The van der Waals surface area contributed by atoms with E-state index in [0.29, 0.717) is 23.8 Å². The maximum Gasteiger partial charge on any atom is 0.321 e. The Hall–Kier alpha value is -2.29. The molecule has 0 aromatic carbocycles. The molecule has 0 saturated heterocycles. The maximum absolute atomic E-state index is 11.8. The van der Waals surface area contributed by atoms with Gasteiger partial charge in [-0.1, -0.05) is 11.8 Å². The molecule has 2 heterocycles. The summed E-state index contributed by atoms with van der Waals surface area (Å²) < 4.78 is 10.7. The van der Waals surface area contributed by atoms with E-state index in [2.05, 4.69) is 20.8 Å². The van der Waals surface area contributed by atoms with Gasteiger partial charge in [0.2, 0.25) is 5.91 Å². The van der Waals surface area contributed by atoms with E-state index in [0.717, 1.165) is 11.8 Å². The highest BCUT2D eigenvalue weighted by Crippen LogP contribution is 2.28. The van der Waals surface area contributed by atoms with Gasteiger partial charge in [-0.25, -0.2) is 4.79 Å². The smallest absolute Gasteiger partial charge is 0.321 e. The van der Waals surface area contributed by atoms with E-state index in [1.807, 2.05) is 0 Å². The normalized spacial score (nSPS) is 12.0. The number of carbonyl (C=O) groups is 2. The average molecular weight is 324 g/mol. The van der Waals surface area contributed by atoms with Gasteiger partial charge in [-0.15, -0.1) is 10.2 Å². The molecule has 2 aromatic heterocycles. The summed E-state index contributed by atoms with van der Waals surface area (Å²) in [7, 11) is 0. The molecule has 0 unspecified atom stereocenters. The van der Waals surface area contributed by atoms with Crippen LogP contribution in [-0.4, -0.2) is 33.9 Å². The Morgan fingerprint density at radius 3 is 2.82 bits per heavy atom. The molecule has 0 aliphatic carbocycles. The molecule has 0 radical (unpaired) electrons. The van der Waals surface area contributed by atoms with Gasteiger partial charge >= 0.3 is 6.03 Å². The summed E-state index contributed by atoms with van der Waals surface area (Å²) in [6.45, 7) is 5.64. The van der Waals surface area contributed by atoms with Crippen LogP contribution in [0.4, 0.5) is 4.79 Å². The number of carbonyl (C=O) groups excluding carboxylic acids is 2. The second-order valence-electron chi connectivity index (χ2n) is 4.37. The standard InChI is InChI=1S/C13H16N4O4S/c1-4-14-12(19)15-10(18)8(3)22-13-17-16-11(21-13)9-5-6-20-7(9)2/h5-6,8H,4H2,1-3H3,(H2,14,15,18,19)/t8-/m1/s1.